The average Bonchev–Trinajstić information content (AvgIpc) is 2.98. The predicted octanol–water partition coefficient (Wildman–Crippen LogP) is 6.67. The largest absolute Gasteiger partial charge is 0.369 e. The molecule has 0 aliphatic rings. The van der Waals surface area contributed by atoms with Crippen LogP contribution in [0.4, 0.5) is 0 Å². The van der Waals surface area contributed by atoms with E-state index in [9.17, 15) is 0 Å². The summed E-state index contributed by atoms with van der Waals surface area (Å²) >= 11 is 0. The lowest BCUT2D eigenvalue weighted by Gasteiger charge is -2.23. The van der Waals surface area contributed by atoms with Crippen LogP contribution >= 0.6 is 0 Å². The number of benzene rings is 3. The molecule has 6 heteroatoms. The quantitative estimate of drug-likeness (QED) is 0.195. The van der Waals surface area contributed by atoms with Crippen LogP contribution in [-0.4, -0.2) is 9.80 Å². The molecule has 0 spiro atoms. The van der Waals surface area contributed by atoms with Crippen LogP contribution in [0.5, 0.6) is 0 Å². The lowest BCUT2D eigenvalue weighted by molar-refractivity contribution is 0.356. The first-order valence-electron chi connectivity index (χ1n) is 12.6. The van der Waals surface area contributed by atoms with Gasteiger partial charge in [-0.2, -0.15) is 21.0 Å². The fourth-order valence-electron chi connectivity index (χ4n) is 3.97. The molecule has 3 aromatic carbocycles. The molecule has 0 saturated carbocycles. The fourth-order valence-corrected chi connectivity index (χ4v) is 3.97. The molecule has 0 radical (unpaired) electrons. The summed E-state index contributed by atoms with van der Waals surface area (Å²) in [5.74, 6) is 0. The Labute approximate surface area is 236 Å². The van der Waals surface area contributed by atoms with E-state index < -0.39 is 0 Å². The Morgan fingerprint density at radius 2 is 0.850 bits per heavy atom. The second kappa shape index (κ2) is 16.1. The second-order valence-corrected chi connectivity index (χ2v) is 8.89. The predicted molar refractivity (Wildman–Crippen MR) is 155 cm³/mol. The van der Waals surface area contributed by atoms with Crippen LogP contribution in [0.25, 0.3) is 0 Å². The van der Waals surface area contributed by atoms with Crippen LogP contribution in [-0.2, 0) is 26.2 Å². The molecule has 0 amide bonds. The standard InChI is InChI=1S/C34H28N6/c35-21-33(22-36)16-8-18-39(25-29-10-3-1-4-11-29)27-31-14-7-15-32(20-31)28-40(19-9-17-34(23-37)24-38)26-30-12-5-2-6-13-30/h1-20H,25-28H2/b18-8+,19-9+. The molecule has 0 aliphatic heterocycles. The molecule has 0 bridgehead atoms. The molecule has 0 saturated heterocycles. The molecule has 0 unspecified atom stereocenters. The van der Waals surface area contributed by atoms with E-state index in [4.69, 9.17) is 21.0 Å². The molecule has 0 heterocycles. The van der Waals surface area contributed by atoms with Gasteiger partial charge in [0.05, 0.1) is 0 Å². The molecule has 0 aliphatic carbocycles. The summed E-state index contributed by atoms with van der Waals surface area (Å²) in [6.45, 7) is 2.59. The summed E-state index contributed by atoms with van der Waals surface area (Å²) in [6.07, 6.45) is 10.3. The van der Waals surface area contributed by atoms with Gasteiger partial charge in [-0.05, 0) is 59.0 Å². The van der Waals surface area contributed by atoms with Gasteiger partial charge in [-0.25, -0.2) is 0 Å². The Hall–Kier alpha value is -5.82. The van der Waals surface area contributed by atoms with E-state index in [1.165, 1.54) is 12.2 Å². The van der Waals surface area contributed by atoms with E-state index in [0.29, 0.717) is 26.2 Å². The van der Waals surface area contributed by atoms with Crippen LogP contribution in [0.2, 0.25) is 0 Å². The summed E-state index contributed by atoms with van der Waals surface area (Å²) < 4.78 is 0. The molecule has 3 aromatic rings. The van der Waals surface area contributed by atoms with Gasteiger partial charge < -0.3 is 9.80 Å². The molecule has 194 valence electrons. The third-order valence-corrected chi connectivity index (χ3v) is 5.82. The maximum Gasteiger partial charge on any atom is 0.129 e. The van der Waals surface area contributed by atoms with Crippen molar-refractivity contribution in [3.63, 3.8) is 0 Å². The van der Waals surface area contributed by atoms with Gasteiger partial charge in [-0.1, -0.05) is 84.9 Å². The highest BCUT2D eigenvalue weighted by Gasteiger charge is 2.07. The van der Waals surface area contributed by atoms with E-state index in [1.807, 2.05) is 79.1 Å². The first-order valence-corrected chi connectivity index (χ1v) is 12.6. The van der Waals surface area contributed by atoms with Crippen LogP contribution in [0.15, 0.2) is 133 Å². The van der Waals surface area contributed by atoms with Gasteiger partial charge in [0.2, 0.25) is 0 Å². The number of allylic oxidation sites excluding steroid dienone is 6. The van der Waals surface area contributed by atoms with Gasteiger partial charge in [0.25, 0.3) is 0 Å². The van der Waals surface area contributed by atoms with Crippen LogP contribution in [0, 0.1) is 45.3 Å². The smallest absolute Gasteiger partial charge is 0.129 e. The number of hydrogen-bond acceptors (Lipinski definition) is 6. The Kier molecular flexibility index (Phi) is 11.6. The lowest BCUT2D eigenvalue weighted by atomic mass is 10.1. The highest BCUT2D eigenvalue weighted by atomic mass is 15.1. The van der Waals surface area contributed by atoms with Crippen molar-refractivity contribution >= 4 is 0 Å². The summed E-state index contributed by atoms with van der Waals surface area (Å²) in [5.41, 5.74) is 4.63. The number of nitrogens with zero attached hydrogens (tertiary/aromatic N) is 6. The van der Waals surface area contributed by atoms with Crippen molar-refractivity contribution in [1.29, 1.82) is 21.0 Å². The fraction of sp³-hybridized carbons (Fsp3) is 0.118. The molecule has 0 N–H and O–H groups in total. The Bertz CT molecular complexity index is 1390. The van der Waals surface area contributed by atoms with Gasteiger partial charge in [0.1, 0.15) is 35.4 Å². The van der Waals surface area contributed by atoms with Gasteiger partial charge in [-0.3, -0.25) is 0 Å². The molecule has 6 nitrogen and oxygen atoms in total. The van der Waals surface area contributed by atoms with Crippen LogP contribution < -0.4 is 0 Å². The molecular weight excluding hydrogens is 492 g/mol. The molecular formula is C34H28N6. The summed E-state index contributed by atoms with van der Waals surface area (Å²) in [6, 6.07) is 36.1. The van der Waals surface area contributed by atoms with Crippen LogP contribution in [0.3, 0.4) is 0 Å². The van der Waals surface area contributed by atoms with Crippen molar-refractivity contribution in [2.24, 2.45) is 0 Å². The van der Waals surface area contributed by atoms with Crippen molar-refractivity contribution in [2.45, 2.75) is 26.2 Å². The van der Waals surface area contributed by atoms with Crippen molar-refractivity contribution < 1.29 is 0 Å². The first-order chi connectivity index (χ1) is 19.6. The average molecular weight is 521 g/mol. The van der Waals surface area contributed by atoms with E-state index in [0.717, 1.165) is 22.3 Å². The number of hydrogen-bond donors (Lipinski definition) is 0. The van der Waals surface area contributed by atoms with E-state index in [1.54, 1.807) is 12.2 Å². The van der Waals surface area contributed by atoms with Crippen molar-refractivity contribution in [1.82, 2.24) is 9.80 Å². The third-order valence-electron chi connectivity index (χ3n) is 5.82. The lowest BCUT2D eigenvalue weighted by Crippen LogP contribution is -2.18. The minimum Gasteiger partial charge on any atom is -0.369 e. The molecule has 0 fully saturated rings. The minimum absolute atomic E-state index is 0.0518. The SMILES string of the molecule is N#CC(C#N)=C/C=C/N(Cc1ccccc1)Cc1cccc(CN(/C=C/C=C(C#N)C#N)Cc2ccccc2)c1. The third kappa shape index (κ3) is 9.91. The van der Waals surface area contributed by atoms with Crippen molar-refractivity contribution in [3.8, 4) is 24.3 Å². The molecule has 3 rings (SSSR count). The van der Waals surface area contributed by atoms with Crippen molar-refractivity contribution in [2.75, 3.05) is 0 Å². The zero-order valence-electron chi connectivity index (χ0n) is 22.1. The topological polar surface area (TPSA) is 102 Å². The molecule has 40 heavy (non-hydrogen) atoms. The van der Waals surface area contributed by atoms with Gasteiger partial charge in [-0.15, -0.1) is 0 Å². The summed E-state index contributed by atoms with van der Waals surface area (Å²) in [5, 5.41) is 36.1. The first kappa shape index (κ1) is 28.7. The van der Waals surface area contributed by atoms with Crippen LogP contribution in [0.1, 0.15) is 22.3 Å². The van der Waals surface area contributed by atoms with Crippen molar-refractivity contribution in [3.05, 3.63) is 155 Å². The normalized spacial score (nSPS) is 10.1. The number of rotatable bonds is 12. The zero-order valence-corrected chi connectivity index (χ0v) is 22.1. The van der Waals surface area contributed by atoms with Gasteiger partial charge in [0, 0.05) is 26.2 Å². The zero-order chi connectivity index (χ0) is 28.4. The second-order valence-electron chi connectivity index (χ2n) is 8.89. The summed E-state index contributed by atoms with van der Waals surface area (Å²) in [4.78, 5) is 4.27. The molecule has 0 aromatic heterocycles. The monoisotopic (exact) mass is 520 g/mol. The van der Waals surface area contributed by atoms with E-state index in [-0.39, 0.29) is 11.1 Å². The highest BCUT2D eigenvalue weighted by Crippen LogP contribution is 2.16. The Morgan fingerprint density at radius 3 is 1.23 bits per heavy atom. The Morgan fingerprint density at radius 1 is 0.500 bits per heavy atom. The summed E-state index contributed by atoms with van der Waals surface area (Å²) in [7, 11) is 0. The number of nitriles is 4. The maximum absolute atomic E-state index is 9.03. The van der Waals surface area contributed by atoms with E-state index in [2.05, 4.69) is 52.3 Å². The minimum atomic E-state index is 0.0518. The maximum atomic E-state index is 9.03. The highest BCUT2D eigenvalue weighted by molar-refractivity contribution is 5.38. The van der Waals surface area contributed by atoms with Gasteiger partial charge >= 0.3 is 0 Å². The molecule has 0 atom stereocenters. The van der Waals surface area contributed by atoms with Gasteiger partial charge in [0.15, 0.2) is 0 Å². The van der Waals surface area contributed by atoms with E-state index >= 15 is 0 Å². The Balaban J connectivity index is 1.82.